The molecule has 4 nitrogen and oxygen atoms in total. The van der Waals surface area contributed by atoms with Crippen LogP contribution < -0.4 is 5.32 Å². The number of rotatable bonds is 2. The average Bonchev–Trinajstić information content (AvgIpc) is 2.78. The molecular formula is C13H21N3OS. The van der Waals surface area contributed by atoms with Crippen LogP contribution in [0.25, 0.3) is 0 Å². The molecule has 2 heterocycles. The monoisotopic (exact) mass is 267 g/mol. The van der Waals surface area contributed by atoms with E-state index in [-0.39, 0.29) is 16.6 Å². The van der Waals surface area contributed by atoms with Crippen LogP contribution in [-0.2, 0) is 10.2 Å². The molecule has 0 aliphatic carbocycles. The molecule has 5 heteroatoms. The summed E-state index contributed by atoms with van der Waals surface area (Å²) in [7, 11) is 0. The predicted molar refractivity (Wildman–Crippen MR) is 76.0 cm³/mol. The zero-order chi connectivity index (χ0) is 13.2. The van der Waals surface area contributed by atoms with E-state index in [9.17, 15) is 4.79 Å². The van der Waals surface area contributed by atoms with Crippen molar-refractivity contribution in [3.8, 4) is 0 Å². The highest BCUT2D eigenvalue weighted by molar-refractivity contribution is 8.00. The van der Waals surface area contributed by atoms with Gasteiger partial charge in [-0.05, 0) is 18.6 Å². The number of thioether (sulfide) groups is 1. The molecule has 1 aliphatic rings. The van der Waals surface area contributed by atoms with Crippen LogP contribution in [-0.4, -0.2) is 27.1 Å². The molecule has 18 heavy (non-hydrogen) atoms. The lowest BCUT2D eigenvalue weighted by Crippen LogP contribution is -2.27. The van der Waals surface area contributed by atoms with Gasteiger partial charge in [0.1, 0.15) is 0 Å². The summed E-state index contributed by atoms with van der Waals surface area (Å²) in [6.45, 7) is 6.34. The van der Waals surface area contributed by atoms with Gasteiger partial charge in [0, 0.05) is 17.2 Å². The maximum atomic E-state index is 12.0. The second-order valence-electron chi connectivity index (χ2n) is 5.76. The summed E-state index contributed by atoms with van der Waals surface area (Å²) in [6.07, 6.45) is 3.36. The van der Waals surface area contributed by atoms with Crippen molar-refractivity contribution in [2.45, 2.75) is 50.7 Å². The Hall–Kier alpha value is -0.970. The SMILES string of the molecule is CC(C)(C)c1cc(NC(=O)C2CCCCS2)n[nH]1. The van der Waals surface area contributed by atoms with Crippen LogP contribution in [0.15, 0.2) is 6.07 Å². The second kappa shape index (κ2) is 5.34. The summed E-state index contributed by atoms with van der Waals surface area (Å²) in [5.41, 5.74) is 1.06. The van der Waals surface area contributed by atoms with Gasteiger partial charge < -0.3 is 5.32 Å². The molecule has 1 aliphatic heterocycles. The smallest absolute Gasteiger partial charge is 0.238 e. The molecule has 100 valence electrons. The molecule has 1 saturated heterocycles. The number of aromatic nitrogens is 2. The Balaban J connectivity index is 1.96. The van der Waals surface area contributed by atoms with Crippen LogP contribution in [0, 0.1) is 0 Å². The van der Waals surface area contributed by atoms with Crippen molar-refractivity contribution in [3.05, 3.63) is 11.8 Å². The molecule has 2 N–H and O–H groups in total. The molecule has 0 saturated carbocycles. The predicted octanol–water partition coefficient (Wildman–Crippen LogP) is 2.93. The molecule has 1 amide bonds. The van der Waals surface area contributed by atoms with Crippen LogP contribution in [0.2, 0.25) is 0 Å². The zero-order valence-corrected chi connectivity index (χ0v) is 12.1. The van der Waals surface area contributed by atoms with Gasteiger partial charge >= 0.3 is 0 Å². The maximum absolute atomic E-state index is 12.0. The molecule has 0 radical (unpaired) electrons. The lowest BCUT2D eigenvalue weighted by molar-refractivity contribution is -0.115. The minimum Gasteiger partial charge on any atom is -0.308 e. The van der Waals surface area contributed by atoms with E-state index in [1.54, 1.807) is 11.8 Å². The van der Waals surface area contributed by atoms with Crippen molar-refractivity contribution in [2.24, 2.45) is 0 Å². The van der Waals surface area contributed by atoms with Gasteiger partial charge in [0.2, 0.25) is 5.91 Å². The average molecular weight is 267 g/mol. The highest BCUT2D eigenvalue weighted by atomic mass is 32.2. The number of hydrogen-bond donors (Lipinski definition) is 2. The molecule has 1 fully saturated rings. The second-order valence-corrected chi connectivity index (χ2v) is 7.07. The highest BCUT2D eigenvalue weighted by Crippen LogP contribution is 2.27. The first kappa shape index (κ1) is 13.5. The molecule has 1 aromatic rings. The molecule has 2 rings (SSSR count). The van der Waals surface area contributed by atoms with Crippen molar-refractivity contribution >= 4 is 23.5 Å². The lowest BCUT2D eigenvalue weighted by atomic mass is 9.92. The standard InChI is InChI=1S/C13H21N3OS/c1-13(2,3)10-8-11(16-15-10)14-12(17)9-6-4-5-7-18-9/h8-9H,4-7H2,1-3H3,(H2,14,15,16,17). The molecular weight excluding hydrogens is 246 g/mol. The quantitative estimate of drug-likeness (QED) is 0.866. The Morgan fingerprint density at radius 2 is 2.28 bits per heavy atom. The summed E-state index contributed by atoms with van der Waals surface area (Å²) >= 11 is 1.75. The molecule has 0 aromatic carbocycles. The fraction of sp³-hybridized carbons (Fsp3) is 0.692. The van der Waals surface area contributed by atoms with Crippen molar-refractivity contribution < 1.29 is 4.79 Å². The molecule has 1 unspecified atom stereocenters. The normalized spacial score (nSPS) is 20.7. The summed E-state index contributed by atoms with van der Waals surface area (Å²) in [4.78, 5) is 12.0. The third kappa shape index (κ3) is 3.28. The van der Waals surface area contributed by atoms with Gasteiger partial charge in [0.05, 0.1) is 5.25 Å². The number of carbonyl (C=O) groups is 1. The number of H-pyrrole nitrogens is 1. The van der Waals surface area contributed by atoms with Crippen molar-refractivity contribution in [3.63, 3.8) is 0 Å². The van der Waals surface area contributed by atoms with Gasteiger partial charge in [-0.1, -0.05) is 27.2 Å². The minimum atomic E-state index is 0.0234. The fourth-order valence-electron chi connectivity index (χ4n) is 1.92. The Morgan fingerprint density at radius 3 is 2.83 bits per heavy atom. The Bertz CT molecular complexity index is 416. The first-order valence-corrected chi connectivity index (χ1v) is 7.50. The van der Waals surface area contributed by atoms with Crippen LogP contribution in [0.5, 0.6) is 0 Å². The number of anilines is 1. The largest absolute Gasteiger partial charge is 0.308 e. The maximum Gasteiger partial charge on any atom is 0.238 e. The third-order valence-corrected chi connectivity index (χ3v) is 4.49. The van der Waals surface area contributed by atoms with Gasteiger partial charge in [-0.2, -0.15) is 5.10 Å². The number of hydrogen-bond acceptors (Lipinski definition) is 3. The number of carbonyl (C=O) groups excluding carboxylic acids is 1. The van der Waals surface area contributed by atoms with E-state index in [2.05, 4.69) is 36.3 Å². The van der Waals surface area contributed by atoms with E-state index >= 15 is 0 Å². The summed E-state index contributed by atoms with van der Waals surface area (Å²) < 4.78 is 0. The van der Waals surface area contributed by atoms with E-state index in [1.165, 1.54) is 6.42 Å². The van der Waals surface area contributed by atoms with Gasteiger partial charge in [-0.3, -0.25) is 9.89 Å². The minimum absolute atomic E-state index is 0.0234. The molecule has 1 atom stereocenters. The summed E-state index contributed by atoms with van der Waals surface area (Å²) in [6, 6.07) is 1.92. The van der Waals surface area contributed by atoms with Crippen LogP contribution in [0.4, 0.5) is 5.82 Å². The summed E-state index contributed by atoms with van der Waals surface area (Å²) in [5, 5.41) is 10.1. The van der Waals surface area contributed by atoms with Crippen molar-refractivity contribution in [1.29, 1.82) is 0 Å². The summed E-state index contributed by atoms with van der Waals surface area (Å²) in [5.74, 6) is 1.81. The molecule has 1 aromatic heterocycles. The van der Waals surface area contributed by atoms with E-state index < -0.39 is 0 Å². The Kier molecular flexibility index (Phi) is 4.00. The topological polar surface area (TPSA) is 57.8 Å². The number of nitrogens with zero attached hydrogens (tertiary/aromatic N) is 1. The van der Waals surface area contributed by atoms with Crippen LogP contribution in [0.3, 0.4) is 0 Å². The number of nitrogens with one attached hydrogen (secondary N) is 2. The van der Waals surface area contributed by atoms with E-state index in [0.717, 1.165) is 24.3 Å². The number of aromatic amines is 1. The third-order valence-electron chi connectivity index (χ3n) is 3.11. The lowest BCUT2D eigenvalue weighted by Gasteiger charge is -2.19. The van der Waals surface area contributed by atoms with Gasteiger partial charge in [-0.25, -0.2) is 0 Å². The fourth-order valence-corrected chi connectivity index (χ4v) is 3.12. The Morgan fingerprint density at radius 1 is 1.50 bits per heavy atom. The van der Waals surface area contributed by atoms with Gasteiger partial charge in [0.15, 0.2) is 5.82 Å². The van der Waals surface area contributed by atoms with Crippen LogP contribution >= 0.6 is 11.8 Å². The molecule has 0 bridgehead atoms. The van der Waals surface area contributed by atoms with Gasteiger partial charge in [0.25, 0.3) is 0 Å². The first-order valence-electron chi connectivity index (χ1n) is 6.45. The molecule has 0 spiro atoms. The van der Waals surface area contributed by atoms with Crippen molar-refractivity contribution in [1.82, 2.24) is 10.2 Å². The zero-order valence-electron chi connectivity index (χ0n) is 11.2. The number of amides is 1. The van der Waals surface area contributed by atoms with Crippen molar-refractivity contribution in [2.75, 3.05) is 11.1 Å². The van der Waals surface area contributed by atoms with Gasteiger partial charge in [-0.15, -0.1) is 11.8 Å². The Labute approximate surface area is 112 Å². The highest BCUT2D eigenvalue weighted by Gasteiger charge is 2.23. The van der Waals surface area contributed by atoms with E-state index in [1.807, 2.05) is 6.07 Å². The van der Waals surface area contributed by atoms with E-state index in [0.29, 0.717) is 5.82 Å². The van der Waals surface area contributed by atoms with Crippen LogP contribution in [0.1, 0.15) is 45.7 Å². The first-order chi connectivity index (χ1) is 8.47. The van der Waals surface area contributed by atoms with E-state index in [4.69, 9.17) is 0 Å².